The predicted molar refractivity (Wildman–Crippen MR) is 95.8 cm³/mol. The number of pyridine rings is 1. The second-order valence-corrected chi connectivity index (χ2v) is 7.07. The van der Waals surface area contributed by atoms with Gasteiger partial charge in [0.2, 0.25) is 0 Å². The first-order valence-corrected chi connectivity index (χ1v) is 8.60. The molecule has 6 heteroatoms. The third-order valence-electron chi connectivity index (χ3n) is 4.26. The van der Waals surface area contributed by atoms with Gasteiger partial charge in [0.15, 0.2) is 0 Å². The summed E-state index contributed by atoms with van der Waals surface area (Å²) in [5.74, 6) is 0.855. The highest BCUT2D eigenvalue weighted by Gasteiger charge is 2.24. The Balaban J connectivity index is 1.81. The van der Waals surface area contributed by atoms with E-state index in [1.54, 1.807) is 6.07 Å². The van der Waals surface area contributed by atoms with Crippen LogP contribution in [0, 0.1) is 13.8 Å². The standard InChI is InChI=1S/C18H19BrN2O3/c1-9-4-11(3)21-18(23)14(9)7-20-17(22)12-5-13-10(2)8-24-16(13)15(19)6-12/h4-6,10H,7-8H2,1-3H3,(H,20,22)(H,21,23). The van der Waals surface area contributed by atoms with Gasteiger partial charge in [0.25, 0.3) is 11.5 Å². The summed E-state index contributed by atoms with van der Waals surface area (Å²) in [4.78, 5) is 27.3. The topological polar surface area (TPSA) is 71.2 Å². The monoisotopic (exact) mass is 390 g/mol. The molecule has 1 unspecified atom stereocenters. The number of H-pyrrole nitrogens is 1. The molecule has 1 atom stereocenters. The van der Waals surface area contributed by atoms with Crippen LogP contribution in [0.25, 0.3) is 0 Å². The third-order valence-corrected chi connectivity index (χ3v) is 4.85. The van der Waals surface area contributed by atoms with Crippen molar-refractivity contribution in [3.8, 4) is 5.75 Å². The summed E-state index contributed by atoms with van der Waals surface area (Å²) in [7, 11) is 0. The van der Waals surface area contributed by atoms with Crippen LogP contribution < -0.4 is 15.6 Å². The van der Waals surface area contributed by atoms with E-state index in [9.17, 15) is 9.59 Å². The number of ether oxygens (including phenoxy) is 1. The maximum Gasteiger partial charge on any atom is 0.253 e. The van der Waals surface area contributed by atoms with Crippen LogP contribution in [0.15, 0.2) is 27.5 Å². The molecule has 1 aromatic heterocycles. The van der Waals surface area contributed by atoms with Crippen molar-refractivity contribution in [1.82, 2.24) is 10.3 Å². The maximum absolute atomic E-state index is 12.5. The number of carbonyl (C=O) groups is 1. The van der Waals surface area contributed by atoms with Gasteiger partial charge in [-0.1, -0.05) is 6.92 Å². The number of aromatic nitrogens is 1. The highest BCUT2D eigenvalue weighted by atomic mass is 79.9. The Bertz CT molecular complexity index is 873. The van der Waals surface area contributed by atoms with Crippen LogP contribution in [0.5, 0.6) is 5.75 Å². The molecule has 0 spiro atoms. The second-order valence-electron chi connectivity index (χ2n) is 6.21. The zero-order valence-electron chi connectivity index (χ0n) is 13.8. The zero-order chi connectivity index (χ0) is 17.4. The summed E-state index contributed by atoms with van der Waals surface area (Å²) >= 11 is 3.46. The highest BCUT2D eigenvalue weighted by Crippen LogP contribution is 2.40. The van der Waals surface area contributed by atoms with Gasteiger partial charge in [-0.05, 0) is 53.5 Å². The van der Waals surface area contributed by atoms with Gasteiger partial charge in [-0.25, -0.2) is 0 Å². The maximum atomic E-state index is 12.5. The molecule has 0 bridgehead atoms. The number of amides is 1. The number of aromatic amines is 1. The minimum absolute atomic E-state index is 0.162. The SMILES string of the molecule is Cc1cc(C)c(CNC(=O)c2cc(Br)c3c(c2)C(C)CO3)c(=O)[nH]1. The van der Waals surface area contributed by atoms with E-state index >= 15 is 0 Å². The lowest BCUT2D eigenvalue weighted by Crippen LogP contribution is -2.28. The molecule has 5 nitrogen and oxygen atoms in total. The summed E-state index contributed by atoms with van der Waals surface area (Å²) in [6, 6.07) is 5.51. The number of hydrogen-bond donors (Lipinski definition) is 2. The van der Waals surface area contributed by atoms with Gasteiger partial charge in [-0.2, -0.15) is 0 Å². The zero-order valence-corrected chi connectivity index (χ0v) is 15.4. The van der Waals surface area contributed by atoms with E-state index in [4.69, 9.17) is 4.74 Å². The van der Waals surface area contributed by atoms with Crippen LogP contribution in [-0.4, -0.2) is 17.5 Å². The molecule has 0 radical (unpaired) electrons. The molecule has 3 rings (SSSR count). The fraction of sp³-hybridized carbons (Fsp3) is 0.333. The van der Waals surface area contributed by atoms with Crippen LogP contribution in [0.4, 0.5) is 0 Å². The average Bonchev–Trinajstić information content (AvgIpc) is 2.88. The van der Waals surface area contributed by atoms with Crippen LogP contribution in [0.1, 0.15) is 45.6 Å². The van der Waals surface area contributed by atoms with Crippen molar-refractivity contribution in [2.45, 2.75) is 33.2 Å². The van der Waals surface area contributed by atoms with Crippen molar-refractivity contribution in [3.63, 3.8) is 0 Å². The minimum atomic E-state index is -0.211. The number of aryl methyl sites for hydroxylation is 2. The summed E-state index contributed by atoms with van der Waals surface area (Å²) in [5.41, 5.74) is 3.67. The molecule has 0 fully saturated rings. The van der Waals surface area contributed by atoms with Gasteiger partial charge in [-0.15, -0.1) is 0 Å². The lowest BCUT2D eigenvalue weighted by molar-refractivity contribution is 0.0950. The van der Waals surface area contributed by atoms with E-state index in [-0.39, 0.29) is 23.9 Å². The molecule has 24 heavy (non-hydrogen) atoms. The molecule has 1 aromatic carbocycles. The first-order chi connectivity index (χ1) is 11.4. The van der Waals surface area contributed by atoms with Crippen molar-refractivity contribution in [2.75, 3.05) is 6.61 Å². The van der Waals surface area contributed by atoms with Crippen molar-refractivity contribution in [3.05, 3.63) is 61.0 Å². The van der Waals surface area contributed by atoms with E-state index in [0.29, 0.717) is 17.7 Å². The molecule has 1 amide bonds. The normalized spacial score (nSPS) is 15.8. The number of hydrogen-bond acceptors (Lipinski definition) is 3. The second kappa shape index (κ2) is 6.43. The smallest absolute Gasteiger partial charge is 0.253 e. The Morgan fingerprint density at radius 1 is 1.38 bits per heavy atom. The lowest BCUT2D eigenvalue weighted by atomic mass is 10.0. The summed E-state index contributed by atoms with van der Waals surface area (Å²) in [6.07, 6.45) is 0. The summed E-state index contributed by atoms with van der Waals surface area (Å²) in [5, 5.41) is 2.83. The number of carbonyl (C=O) groups excluding carboxylic acids is 1. The van der Waals surface area contributed by atoms with Gasteiger partial charge in [0.1, 0.15) is 5.75 Å². The van der Waals surface area contributed by atoms with Crippen molar-refractivity contribution in [2.24, 2.45) is 0 Å². The van der Waals surface area contributed by atoms with E-state index in [2.05, 4.69) is 33.2 Å². The Labute approximate surface area is 148 Å². The minimum Gasteiger partial charge on any atom is -0.491 e. The largest absolute Gasteiger partial charge is 0.491 e. The first kappa shape index (κ1) is 16.8. The molecule has 2 heterocycles. The van der Waals surface area contributed by atoms with Gasteiger partial charge in [0.05, 0.1) is 11.1 Å². The van der Waals surface area contributed by atoms with Crippen molar-refractivity contribution in [1.29, 1.82) is 0 Å². The van der Waals surface area contributed by atoms with E-state index < -0.39 is 0 Å². The predicted octanol–water partition coefficient (Wildman–Crippen LogP) is 3.18. The molecule has 2 N–H and O–H groups in total. The molecular formula is C18H19BrN2O3. The number of benzene rings is 1. The van der Waals surface area contributed by atoms with Crippen molar-refractivity contribution < 1.29 is 9.53 Å². The molecule has 0 saturated carbocycles. The fourth-order valence-corrected chi connectivity index (χ4v) is 3.52. The van der Waals surface area contributed by atoms with Crippen molar-refractivity contribution >= 4 is 21.8 Å². The number of fused-ring (bicyclic) bond motifs is 1. The van der Waals surface area contributed by atoms with Crippen LogP contribution >= 0.6 is 15.9 Å². The average molecular weight is 391 g/mol. The Morgan fingerprint density at radius 3 is 2.83 bits per heavy atom. The molecule has 1 aliphatic rings. The molecule has 0 saturated heterocycles. The quantitative estimate of drug-likeness (QED) is 0.845. The van der Waals surface area contributed by atoms with Gasteiger partial charge in [0, 0.05) is 34.8 Å². The Kier molecular flexibility index (Phi) is 4.49. The molecule has 126 valence electrons. The summed E-state index contributed by atoms with van der Waals surface area (Å²) < 4.78 is 6.40. The third kappa shape index (κ3) is 3.11. The van der Waals surface area contributed by atoms with Crippen LogP contribution in [0.3, 0.4) is 0 Å². The summed E-state index contributed by atoms with van der Waals surface area (Å²) in [6.45, 7) is 6.59. The van der Waals surface area contributed by atoms with E-state index in [1.807, 2.05) is 26.0 Å². The van der Waals surface area contributed by atoms with Gasteiger partial charge >= 0.3 is 0 Å². The van der Waals surface area contributed by atoms with Gasteiger partial charge < -0.3 is 15.0 Å². The van der Waals surface area contributed by atoms with Crippen LogP contribution in [0.2, 0.25) is 0 Å². The number of rotatable bonds is 3. The fourth-order valence-electron chi connectivity index (χ4n) is 2.93. The molecule has 1 aliphatic heterocycles. The highest BCUT2D eigenvalue weighted by molar-refractivity contribution is 9.10. The molecule has 2 aromatic rings. The Hall–Kier alpha value is -2.08. The van der Waals surface area contributed by atoms with E-state index in [1.165, 1.54) is 0 Å². The van der Waals surface area contributed by atoms with E-state index in [0.717, 1.165) is 27.0 Å². The van der Waals surface area contributed by atoms with Gasteiger partial charge in [-0.3, -0.25) is 9.59 Å². The lowest BCUT2D eigenvalue weighted by Gasteiger charge is -2.10. The van der Waals surface area contributed by atoms with Crippen LogP contribution in [-0.2, 0) is 6.54 Å². The number of halogens is 1. The number of nitrogens with one attached hydrogen (secondary N) is 2. The first-order valence-electron chi connectivity index (χ1n) is 7.80. The molecule has 0 aliphatic carbocycles. The Morgan fingerprint density at radius 2 is 2.12 bits per heavy atom. The molecular weight excluding hydrogens is 372 g/mol.